The first kappa shape index (κ1) is 13.9. The van der Waals surface area contributed by atoms with Crippen molar-refractivity contribution in [3.8, 4) is 0 Å². The number of rotatable bonds is 3. The van der Waals surface area contributed by atoms with E-state index in [0.29, 0.717) is 20.6 Å². The van der Waals surface area contributed by atoms with Crippen LogP contribution in [0.1, 0.15) is 28.8 Å². The van der Waals surface area contributed by atoms with Crippen LogP contribution < -0.4 is 0 Å². The third kappa shape index (κ3) is 2.24. The Labute approximate surface area is 132 Å². The predicted molar refractivity (Wildman–Crippen MR) is 83.2 cm³/mol. The molecule has 0 N–H and O–H groups in total. The third-order valence-electron chi connectivity index (χ3n) is 3.74. The summed E-state index contributed by atoms with van der Waals surface area (Å²) >= 11 is 18.2. The molecule has 0 heterocycles. The van der Waals surface area contributed by atoms with Crippen LogP contribution in [0.3, 0.4) is 0 Å². The van der Waals surface area contributed by atoms with Crippen LogP contribution in [-0.4, -0.2) is 5.78 Å². The molecule has 4 heteroatoms. The molecule has 0 aliphatic heterocycles. The second-order valence-corrected chi connectivity index (χ2v) is 6.27. The molecule has 1 fully saturated rings. The number of ketones is 1. The Bertz CT molecular complexity index is 652. The molecule has 3 rings (SSSR count). The van der Waals surface area contributed by atoms with Crippen molar-refractivity contribution in [1.82, 2.24) is 0 Å². The summed E-state index contributed by atoms with van der Waals surface area (Å²) < 4.78 is 0. The molecule has 1 nitrogen and oxygen atoms in total. The van der Waals surface area contributed by atoms with Crippen LogP contribution in [0.2, 0.25) is 15.1 Å². The summed E-state index contributed by atoms with van der Waals surface area (Å²) in [6.45, 7) is 0. The molecule has 0 unspecified atom stereocenters. The van der Waals surface area contributed by atoms with Gasteiger partial charge < -0.3 is 0 Å². The monoisotopic (exact) mass is 324 g/mol. The van der Waals surface area contributed by atoms with Gasteiger partial charge in [0.15, 0.2) is 5.78 Å². The molecule has 2 aromatic carbocycles. The first-order valence-corrected chi connectivity index (χ1v) is 7.43. The maximum absolute atomic E-state index is 12.9. The second-order valence-electron chi connectivity index (χ2n) is 5.02. The zero-order valence-electron chi connectivity index (χ0n) is 10.5. The Morgan fingerprint density at radius 3 is 2.00 bits per heavy atom. The second kappa shape index (κ2) is 5.07. The van der Waals surface area contributed by atoms with Crippen molar-refractivity contribution >= 4 is 40.6 Å². The molecule has 102 valence electrons. The van der Waals surface area contributed by atoms with E-state index in [2.05, 4.69) is 0 Å². The van der Waals surface area contributed by atoms with E-state index in [1.54, 1.807) is 12.1 Å². The highest BCUT2D eigenvalue weighted by Crippen LogP contribution is 2.52. The molecular formula is C16H11Cl3O. The van der Waals surface area contributed by atoms with Gasteiger partial charge in [-0.1, -0.05) is 65.1 Å². The van der Waals surface area contributed by atoms with E-state index in [1.165, 1.54) is 0 Å². The van der Waals surface area contributed by atoms with E-state index in [1.807, 2.05) is 30.3 Å². The fraction of sp³-hybridized carbons (Fsp3) is 0.188. The number of hydrogen-bond acceptors (Lipinski definition) is 1. The molecule has 0 saturated heterocycles. The Hall–Kier alpha value is -1.02. The van der Waals surface area contributed by atoms with Crippen LogP contribution in [0.5, 0.6) is 0 Å². The standard InChI is InChI=1S/C16H11Cl3O/c17-11-8-12(18)14(13(19)9-11)15(20)16(6-7-16)10-4-2-1-3-5-10/h1-5,8-9H,6-7H2. The summed E-state index contributed by atoms with van der Waals surface area (Å²) in [7, 11) is 0. The summed E-state index contributed by atoms with van der Waals surface area (Å²) in [5.74, 6) is -0.0182. The molecule has 0 atom stereocenters. The topological polar surface area (TPSA) is 17.1 Å². The molecule has 0 radical (unpaired) electrons. The first-order chi connectivity index (χ1) is 9.54. The summed E-state index contributed by atoms with van der Waals surface area (Å²) in [5, 5.41) is 1.06. The average molecular weight is 326 g/mol. The zero-order valence-corrected chi connectivity index (χ0v) is 12.8. The van der Waals surface area contributed by atoms with Gasteiger partial charge in [0.25, 0.3) is 0 Å². The molecule has 1 aliphatic rings. The molecule has 2 aromatic rings. The van der Waals surface area contributed by atoms with Gasteiger partial charge >= 0.3 is 0 Å². The lowest BCUT2D eigenvalue weighted by Crippen LogP contribution is -2.21. The van der Waals surface area contributed by atoms with Gasteiger partial charge in [0.05, 0.1) is 21.0 Å². The summed E-state index contributed by atoms with van der Waals surface area (Å²) in [4.78, 5) is 12.9. The zero-order chi connectivity index (χ0) is 14.3. The number of Topliss-reactive ketones (excluding diaryl/α,β-unsaturated/α-hetero) is 1. The minimum atomic E-state index is -0.470. The first-order valence-electron chi connectivity index (χ1n) is 6.29. The van der Waals surface area contributed by atoms with Crippen LogP contribution in [0.25, 0.3) is 0 Å². The quantitative estimate of drug-likeness (QED) is 0.675. The SMILES string of the molecule is O=C(c1c(Cl)cc(Cl)cc1Cl)C1(c2ccccc2)CC1. The van der Waals surface area contributed by atoms with Crippen molar-refractivity contribution in [2.75, 3.05) is 0 Å². The maximum Gasteiger partial charge on any atom is 0.176 e. The lowest BCUT2D eigenvalue weighted by molar-refractivity contribution is 0.0946. The minimum Gasteiger partial charge on any atom is -0.293 e. The fourth-order valence-corrected chi connectivity index (χ4v) is 3.52. The van der Waals surface area contributed by atoms with Crippen LogP contribution in [0, 0.1) is 0 Å². The number of benzene rings is 2. The number of halogens is 3. The molecule has 0 amide bonds. The van der Waals surface area contributed by atoms with Gasteiger partial charge in [-0.3, -0.25) is 4.79 Å². The third-order valence-corrected chi connectivity index (χ3v) is 4.56. The maximum atomic E-state index is 12.9. The van der Waals surface area contributed by atoms with E-state index in [-0.39, 0.29) is 5.78 Å². The summed E-state index contributed by atoms with van der Waals surface area (Å²) in [6.07, 6.45) is 1.65. The van der Waals surface area contributed by atoms with E-state index >= 15 is 0 Å². The van der Waals surface area contributed by atoms with Crippen molar-refractivity contribution in [3.05, 3.63) is 68.7 Å². The van der Waals surface area contributed by atoms with Gasteiger partial charge in [-0.15, -0.1) is 0 Å². The van der Waals surface area contributed by atoms with E-state index in [4.69, 9.17) is 34.8 Å². The van der Waals surface area contributed by atoms with Crippen molar-refractivity contribution in [1.29, 1.82) is 0 Å². The number of carbonyl (C=O) groups excluding carboxylic acids is 1. The summed E-state index contributed by atoms with van der Waals surface area (Å²) in [5.41, 5.74) is 0.925. The molecule has 1 saturated carbocycles. The Morgan fingerprint density at radius 2 is 1.50 bits per heavy atom. The highest BCUT2D eigenvalue weighted by atomic mass is 35.5. The van der Waals surface area contributed by atoms with Gasteiger partial charge in [-0.25, -0.2) is 0 Å². The van der Waals surface area contributed by atoms with E-state index < -0.39 is 5.41 Å². The van der Waals surface area contributed by atoms with Crippen molar-refractivity contribution < 1.29 is 4.79 Å². The van der Waals surface area contributed by atoms with Crippen LogP contribution in [-0.2, 0) is 5.41 Å². The number of carbonyl (C=O) groups is 1. The van der Waals surface area contributed by atoms with Crippen LogP contribution >= 0.6 is 34.8 Å². The lowest BCUT2D eigenvalue weighted by atomic mass is 9.87. The van der Waals surface area contributed by atoms with Crippen molar-refractivity contribution in [3.63, 3.8) is 0 Å². The highest BCUT2D eigenvalue weighted by molar-refractivity contribution is 6.42. The molecular weight excluding hydrogens is 315 g/mol. The predicted octanol–water partition coefficient (Wildman–Crippen LogP) is 5.56. The Kier molecular flexibility index (Phi) is 3.53. The van der Waals surface area contributed by atoms with Gasteiger partial charge in [0.2, 0.25) is 0 Å². The van der Waals surface area contributed by atoms with Crippen LogP contribution in [0.15, 0.2) is 42.5 Å². The lowest BCUT2D eigenvalue weighted by Gasteiger charge is -2.16. The van der Waals surface area contributed by atoms with Gasteiger partial charge in [-0.05, 0) is 30.5 Å². The van der Waals surface area contributed by atoms with Crippen LogP contribution in [0.4, 0.5) is 0 Å². The van der Waals surface area contributed by atoms with E-state index in [9.17, 15) is 4.79 Å². The molecule has 1 aliphatic carbocycles. The van der Waals surface area contributed by atoms with Gasteiger partial charge in [-0.2, -0.15) is 0 Å². The van der Waals surface area contributed by atoms with Gasteiger partial charge in [0, 0.05) is 5.02 Å². The molecule has 0 aromatic heterocycles. The average Bonchev–Trinajstić information content (AvgIpc) is 3.20. The van der Waals surface area contributed by atoms with Crippen molar-refractivity contribution in [2.24, 2.45) is 0 Å². The summed E-state index contributed by atoms with van der Waals surface area (Å²) in [6, 6.07) is 12.9. The molecule has 20 heavy (non-hydrogen) atoms. The van der Waals surface area contributed by atoms with E-state index in [0.717, 1.165) is 18.4 Å². The molecule has 0 bridgehead atoms. The fourth-order valence-electron chi connectivity index (χ4n) is 2.53. The Balaban J connectivity index is 2.07. The van der Waals surface area contributed by atoms with Crippen molar-refractivity contribution in [2.45, 2.75) is 18.3 Å². The number of hydrogen-bond donors (Lipinski definition) is 0. The smallest absolute Gasteiger partial charge is 0.176 e. The highest BCUT2D eigenvalue weighted by Gasteiger charge is 2.52. The van der Waals surface area contributed by atoms with Gasteiger partial charge in [0.1, 0.15) is 0 Å². The Morgan fingerprint density at radius 1 is 0.950 bits per heavy atom. The molecule has 0 spiro atoms. The minimum absolute atomic E-state index is 0.0182. The largest absolute Gasteiger partial charge is 0.293 e. The normalized spacial score (nSPS) is 15.9.